The van der Waals surface area contributed by atoms with Gasteiger partial charge in [0.1, 0.15) is 17.7 Å². The molecule has 9 heteroatoms. The predicted molar refractivity (Wildman–Crippen MR) is 121 cm³/mol. The van der Waals surface area contributed by atoms with E-state index in [0.29, 0.717) is 29.1 Å². The van der Waals surface area contributed by atoms with Crippen molar-refractivity contribution >= 4 is 0 Å². The fourth-order valence-electron chi connectivity index (χ4n) is 5.08. The van der Waals surface area contributed by atoms with Crippen LogP contribution in [0.4, 0.5) is 4.39 Å². The molecule has 33 heavy (non-hydrogen) atoms. The van der Waals surface area contributed by atoms with Gasteiger partial charge in [-0.15, -0.1) is 10.2 Å². The molecule has 8 nitrogen and oxygen atoms in total. The molecule has 5 rings (SSSR count). The minimum Gasteiger partial charge on any atom is -0.507 e. The molecule has 0 spiro atoms. The van der Waals surface area contributed by atoms with Crippen LogP contribution in [0.1, 0.15) is 33.1 Å². The lowest BCUT2D eigenvalue weighted by Crippen LogP contribution is -2.63. The second-order valence-electron chi connectivity index (χ2n) is 9.52. The normalized spacial score (nSPS) is 28.6. The van der Waals surface area contributed by atoms with Crippen molar-refractivity contribution in [1.82, 2.24) is 25.1 Å². The van der Waals surface area contributed by atoms with E-state index in [1.807, 2.05) is 6.92 Å². The third-order valence-corrected chi connectivity index (χ3v) is 6.88. The summed E-state index contributed by atoms with van der Waals surface area (Å²) in [5.74, 6) is 0.672. The van der Waals surface area contributed by atoms with Crippen molar-refractivity contribution in [2.75, 3.05) is 0 Å². The maximum Gasteiger partial charge on any atom is 0.253 e. The topological polar surface area (TPSA) is 102 Å². The lowest BCUT2D eigenvalue weighted by atomic mass is 9.85. The summed E-state index contributed by atoms with van der Waals surface area (Å²) in [7, 11) is 1.62. The molecule has 4 atom stereocenters. The van der Waals surface area contributed by atoms with Gasteiger partial charge in [-0.3, -0.25) is 9.36 Å². The number of phenolic OH excluding ortho intramolecular Hbond substituents is 1. The van der Waals surface area contributed by atoms with Crippen molar-refractivity contribution in [3.63, 3.8) is 0 Å². The molecular formula is C24H26FN5O3. The van der Waals surface area contributed by atoms with Crippen molar-refractivity contribution < 1.29 is 14.2 Å². The Balaban J connectivity index is 1.36. The van der Waals surface area contributed by atoms with Gasteiger partial charge in [0.05, 0.1) is 11.2 Å². The Morgan fingerprint density at radius 2 is 2.00 bits per heavy atom. The maximum atomic E-state index is 15.1. The zero-order valence-corrected chi connectivity index (χ0v) is 18.7. The first-order valence-corrected chi connectivity index (χ1v) is 11.0. The molecule has 2 aliphatic rings. The Morgan fingerprint density at radius 1 is 1.18 bits per heavy atom. The molecule has 0 radical (unpaired) electrons. The molecule has 0 saturated carbocycles. The van der Waals surface area contributed by atoms with Crippen LogP contribution in [-0.4, -0.2) is 48.2 Å². The van der Waals surface area contributed by atoms with Gasteiger partial charge in [-0.05, 0) is 44.9 Å². The highest BCUT2D eigenvalue weighted by atomic mass is 19.1. The summed E-state index contributed by atoms with van der Waals surface area (Å²) in [6.07, 6.45) is 1.94. The maximum absolute atomic E-state index is 15.1. The van der Waals surface area contributed by atoms with Crippen molar-refractivity contribution in [3.05, 3.63) is 52.9 Å². The first-order valence-electron chi connectivity index (χ1n) is 11.0. The number of rotatable bonds is 4. The number of aromatic nitrogens is 4. The fourth-order valence-corrected chi connectivity index (χ4v) is 5.08. The zero-order chi connectivity index (χ0) is 23.4. The first kappa shape index (κ1) is 21.5. The number of hydrogen-bond acceptors (Lipinski definition) is 7. The van der Waals surface area contributed by atoms with E-state index in [1.165, 1.54) is 22.9 Å². The summed E-state index contributed by atoms with van der Waals surface area (Å²) in [6, 6.07) is 9.67. The monoisotopic (exact) mass is 451 g/mol. The SMILES string of the molecule is Cn1c(-c2ccc(-c3ccc(O[C@@H]4C[C@@]5(C)CC[C@](C)(N5)[C@H]4F)nn3)c(O)c2)nccc1=O. The standard InChI is InChI=1S/C24H26FN5O3/c1-23-9-10-24(2,29-23)21(25)18(13-23)33-19-7-6-16(27-28-19)15-5-4-14(12-17(15)31)22-26-11-8-20(32)30(22)3/h4-8,11-12,18,21,29,31H,9-10,13H2,1-3H3/t18-,21+,23-,24+/m1/s1. The minimum atomic E-state index is -1.14. The summed E-state index contributed by atoms with van der Waals surface area (Å²) < 4.78 is 22.4. The fraction of sp³-hybridized carbons (Fsp3) is 0.417. The molecule has 3 aromatic rings. The van der Waals surface area contributed by atoms with Crippen LogP contribution in [0.3, 0.4) is 0 Å². The highest BCUT2D eigenvalue weighted by Gasteiger charge is 2.56. The number of nitrogens with zero attached hydrogens (tertiary/aromatic N) is 4. The largest absolute Gasteiger partial charge is 0.507 e. The number of piperidine rings is 1. The van der Waals surface area contributed by atoms with Crippen molar-refractivity contribution in [1.29, 1.82) is 0 Å². The molecule has 2 bridgehead atoms. The van der Waals surface area contributed by atoms with Crippen LogP contribution in [0.5, 0.6) is 11.6 Å². The summed E-state index contributed by atoms with van der Waals surface area (Å²) in [6.45, 7) is 4.01. The van der Waals surface area contributed by atoms with Crippen molar-refractivity contribution in [2.24, 2.45) is 7.05 Å². The zero-order valence-electron chi connectivity index (χ0n) is 18.7. The Kier molecular flexibility index (Phi) is 4.97. The number of alkyl halides is 1. The quantitative estimate of drug-likeness (QED) is 0.629. The van der Waals surface area contributed by atoms with Crippen LogP contribution in [0.25, 0.3) is 22.6 Å². The number of phenols is 1. The average Bonchev–Trinajstić information content (AvgIpc) is 3.06. The molecule has 0 unspecified atom stereocenters. The van der Waals surface area contributed by atoms with Gasteiger partial charge in [0, 0.05) is 48.5 Å². The van der Waals surface area contributed by atoms with Gasteiger partial charge < -0.3 is 15.2 Å². The molecule has 0 amide bonds. The van der Waals surface area contributed by atoms with Crippen LogP contribution in [0.2, 0.25) is 0 Å². The number of ether oxygens (including phenoxy) is 1. The number of fused-ring (bicyclic) bond motifs is 2. The van der Waals surface area contributed by atoms with Crippen LogP contribution < -0.4 is 15.6 Å². The van der Waals surface area contributed by atoms with E-state index in [9.17, 15) is 9.90 Å². The van der Waals surface area contributed by atoms with Crippen molar-refractivity contribution in [2.45, 2.75) is 56.5 Å². The summed E-state index contributed by atoms with van der Waals surface area (Å²) in [4.78, 5) is 16.1. The minimum absolute atomic E-state index is 0.0202. The van der Waals surface area contributed by atoms with Crippen LogP contribution in [0, 0.1) is 0 Å². The van der Waals surface area contributed by atoms with Crippen molar-refractivity contribution in [3.8, 4) is 34.3 Å². The molecule has 2 aliphatic heterocycles. The van der Waals surface area contributed by atoms with Gasteiger partial charge in [-0.25, -0.2) is 9.37 Å². The van der Waals surface area contributed by atoms with Gasteiger partial charge in [0.15, 0.2) is 6.17 Å². The first-order chi connectivity index (χ1) is 15.7. The molecule has 0 aliphatic carbocycles. The van der Waals surface area contributed by atoms with E-state index in [-0.39, 0.29) is 22.7 Å². The lowest BCUT2D eigenvalue weighted by molar-refractivity contribution is -0.00951. The van der Waals surface area contributed by atoms with Gasteiger partial charge in [0.25, 0.3) is 5.56 Å². The molecule has 4 heterocycles. The molecule has 2 fully saturated rings. The summed E-state index contributed by atoms with van der Waals surface area (Å²) in [5, 5.41) is 22.3. The Hall–Kier alpha value is -3.33. The third kappa shape index (κ3) is 3.76. The van der Waals surface area contributed by atoms with E-state index in [0.717, 1.165) is 12.8 Å². The van der Waals surface area contributed by atoms with Crippen LogP contribution in [-0.2, 0) is 7.05 Å². The van der Waals surface area contributed by atoms with Crippen LogP contribution >= 0.6 is 0 Å². The lowest BCUT2D eigenvalue weighted by Gasteiger charge is -2.43. The van der Waals surface area contributed by atoms with Gasteiger partial charge in [0.2, 0.25) is 5.88 Å². The van der Waals surface area contributed by atoms with E-state index in [1.54, 1.807) is 31.3 Å². The van der Waals surface area contributed by atoms with Gasteiger partial charge in [-0.2, -0.15) is 0 Å². The van der Waals surface area contributed by atoms with Crippen LogP contribution in [0.15, 0.2) is 47.4 Å². The molecule has 2 N–H and O–H groups in total. The van der Waals surface area contributed by atoms with E-state index in [4.69, 9.17) is 4.74 Å². The van der Waals surface area contributed by atoms with E-state index >= 15 is 4.39 Å². The number of halogens is 1. The highest BCUT2D eigenvalue weighted by molar-refractivity contribution is 5.72. The summed E-state index contributed by atoms with van der Waals surface area (Å²) >= 11 is 0. The number of aromatic hydroxyl groups is 1. The number of benzene rings is 1. The molecule has 2 aromatic heterocycles. The average molecular weight is 452 g/mol. The van der Waals surface area contributed by atoms with E-state index < -0.39 is 17.8 Å². The molecule has 1 aromatic carbocycles. The second kappa shape index (κ2) is 7.62. The summed E-state index contributed by atoms with van der Waals surface area (Å²) in [5.41, 5.74) is 0.603. The predicted octanol–water partition coefficient (Wildman–Crippen LogP) is 3.00. The number of hydrogen-bond donors (Lipinski definition) is 2. The smallest absolute Gasteiger partial charge is 0.253 e. The molecule has 172 valence electrons. The van der Waals surface area contributed by atoms with E-state index in [2.05, 4.69) is 27.4 Å². The second-order valence-corrected chi connectivity index (χ2v) is 9.52. The van der Waals surface area contributed by atoms with Gasteiger partial charge >= 0.3 is 0 Å². The molecular weight excluding hydrogens is 425 g/mol. The Labute approximate surface area is 190 Å². The number of nitrogens with one attached hydrogen (secondary N) is 1. The Bertz CT molecular complexity index is 1260. The Morgan fingerprint density at radius 3 is 2.73 bits per heavy atom. The highest BCUT2D eigenvalue weighted by Crippen LogP contribution is 2.44. The molecule has 2 saturated heterocycles. The third-order valence-electron chi connectivity index (χ3n) is 6.88. The van der Waals surface area contributed by atoms with Gasteiger partial charge in [-0.1, -0.05) is 6.07 Å².